The molecule has 0 saturated carbocycles. The SMILES string of the molecule is CC(C)C1NC(=O)c2ccccc2N(CC(F)(F)F)C1=O. The lowest BCUT2D eigenvalue weighted by atomic mass is 10.0. The summed E-state index contributed by atoms with van der Waals surface area (Å²) in [6, 6.07) is 4.82. The van der Waals surface area contributed by atoms with E-state index < -0.39 is 30.6 Å². The first-order valence-corrected chi connectivity index (χ1v) is 6.48. The number of anilines is 1. The number of nitrogens with zero attached hydrogens (tertiary/aromatic N) is 1. The zero-order valence-electron chi connectivity index (χ0n) is 11.6. The predicted octanol–water partition coefficient (Wildman–Crippen LogP) is 2.35. The van der Waals surface area contributed by atoms with Crippen LogP contribution in [0.1, 0.15) is 24.2 Å². The van der Waals surface area contributed by atoms with Gasteiger partial charge < -0.3 is 10.2 Å². The van der Waals surface area contributed by atoms with Gasteiger partial charge >= 0.3 is 6.18 Å². The topological polar surface area (TPSA) is 49.4 Å². The Kier molecular flexibility index (Phi) is 3.93. The first-order valence-electron chi connectivity index (χ1n) is 6.48. The van der Waals surface area contributed by atoms with Gasteiger partial charge in [-0.2, -0.15) is 13.2 Å². The Morgan fingerprint density at radius 1 is 1.24 bits per heavy atom. The van der Waals surface area contributed by atoms with E-state index in [1.165, 1.54) is 18.2 Å². The molecule has 0 fully saturated rings. The van der Waals surface area contributed by atoms with Crippen molar-refractivity contribution in [3.8, 4) is 0 Å². The number of carbonyl (C=O) groups excluding carboxylic acids is 2. The van der Waals surface area contributed by atoms with E-state index in [0.717, 1.165) is 0 Å². The van der Waals surface area contributed by atoms with Crippen LogP contribution in [0.2, 0.25) is 0 Å². The van der Waals surface area contributed by atoms with E-state index in [2.05, 4.69) is 5.32 Å². The number of alkyl halides is 3. The van der Waals surface area contributed by atoms with Gasteiger partial charge in [0.1, 0.15) is 12.6 Å². The summed E-state index contributed by atoms with van der Waals surface area (Å²) in [5.41, 5.74) is 0.0544. The van der Waals surface area contributed by atoms with Gasteiger partial charge in [0.05, 0.1) is 11.3 Å². The van der Waals surface area contributed by atoms with E-state index in [4.69, 9.17) is 0 Å². The Balaban J connectivity index is 2.53. The first kappa shape index (κ1) is 15.3. The van der Waals surface area contributed by atoms with Crippen LogP contribution >= 0.6 is 0 Å². The Morgan fingerprint density at radius 2 is 1.86 bits per heavy atom. The molecule has 0 radical (unpaired) electrons. The molecular weight excluding hydrogens is 285 g/mol. The lowest BCUT2D eigenvalue weighted by Crippen LogP contribution is -2.50. The number of hydrogen-bond acceptors (Lipinski definition) is 2. The standard InChI is InChI=1S/C14H15F3N2O2/c1-8(2)11-13(21)19(7-14(15,16)17)10-6-4-3-5-9(10)12(20)18-11/h3-6,8,11H,7H2,1-2H3,(H,18,20). The highest BCUT2D eigenvalue weighted by molar-refractivity contribution is 6.11. The van der Waals surface area contributed by atoms with Crippen molar-refractivity contribution < 1.29 is 22.8 Å². The highest BCUT2D eigenvalue weighted by Gasteiger charge is 2.40. The molecule has 1 aromatic rings. The number of fused-ring (bicyclic) bond motifs is 1. The molecule has 4 nitrogen and oxygen atoms in total. The molecule has 0 saturated heterocycles. The van der Waals surface area contributed by atoms with Gasteiger partial charge in [0.2, 0.25) is 5.91 Å². The lowest BCUT2D eigenvalue weighted by molar-refractivity contribution is -0.134. The van der Waals surface area contributed by atoms with Gasteiger partial charge in [0, 0.05) is 0 Å². The summed E-state index contributed by atoms with van der Waals surface area (Å²) < 4.78 is 38.3. The molecule has 1 N–H and O–H groups in total. The average molecular weight is 300 g/mol. The van der Waals surface area contributed by atoms with Crippen LogP contribution in [0.5, 0.6) is 0 Å². The molecule has 0 aliphatic carbocycles. The zero-order valence-corrected chi connectivity index (χ0v) is 11.6. The second-order valence-corrected chi connectivity index (χ2v) is 5.25. The fraction of sp³-hybridized carbons (Fsp3) is 0.429. The van der Waals surface area contributed by atoms with Crippen molar-refractivity contribution in [3.63, 3.8) is 0 Å². The fourth-order valence-corrected chi connectivity index (χ4v) is 2.26. The summed E-state index contributed by atoms with van der Waals surface area (Å²) in [5, 5.41) is 2.50. The third kappa shape index (κ3) is 3.17. The van der Waals surface area contributed by atoms with Crippen molar-refractivity contribution in [3.05, 3.63) is 29.8 Å². The Hall–Kier alpha value is -2.05. The third-order valence-electron chi connectivity index (χ3n) is 3.26. The van der Waals surface area contributed by atoms with Crippen molar-refractivity contribution in [2.24, 2.45) is 5.92 Å². The number of benzene rings is 1. The molecule has 1 aliphatic heterocycles. The minimum atomic E-state index is -4.54. The highest BCUT2D eigenvalue weighted by Crippen LogP contribution is 2.29. The van der Waals surface area contributed by atoms with Crippen LogP contribution in [0.4, 0.5) is 18.9 Å². The quantitative estimate of drug-likeness (QED) is 0.911. The largest absolute Gasteiger partial charge is 0.406 e. The summed E-state index contributed by atoms with van der Waals surface area (Å²) in [6.07, 6.45) is -4.54. The van der Waals surface area contributed by atoms with Gasteiger partial charge in [-0.15, -0.1) is 0 Å². The summed E-state index contributed by atoms with van der Waals surface area (Å²) in [6.45, 7) is 1.93. The van der Waals surface area contributed by atoms with Crippen LogP contribution in [0, 0.1) is 5.92 Å². The Morgan fingerprint density at radius 3 is 2.43 bits per heavy atom. The Bertz CT molecular complexity index is 570. The number of para-hydroxylation sites is 1. The number of carbonyl (C=O) groups is 2. The Labute approximate surface area is 119 Å². The molecule has 21 heavy (non-hydrogen) atoms. The molecule has 0 spiro atoms. The number of hydrogen-bond donors (Lipinski definition) is 1. The van der Waals surface area contributed by atoms with Gasteiger partial charge in [0.25, 0.3) is 5.91 Å². The smallest absolute Gasteiger partial charge is 0.340 e. The van der Waals surface area contributed by atoms with Crippen LogP contribution in [0.15, 0.2) is 24.3 Å². The summed E-state index contributed by atoms with van der Waals surface area (Å²) in [4.78, 5) is 25.1. The van der Waals surface area contributed by atoms with E-state index >= 15 is 0 Å². The second-order valence-electron chi connectivity index (χ2n) is 5.25. The maximum atomic E-state index is 12.8. The molecule has 2 rings (SSSR count). The minimum absolute atomic E-state index is 0.0134. The maximum Gasteiger partial charge on any atom is 0.406 e. The van der Waals surface area contributed by atoms with Crippen LogP contribution in [-0.4, -0.2) is 30.6 Å². The van der Waals surface area contributed by atoms with Gasteiger partial charge in [-0.25, -0.2) is 0 Å². The third-order valence-corrected chi connectivity index (χ3v) is 3.26. The number of rotatable bonds is 2. The van der Waals surface area contributed by atoms with Gasteiger partial charge in [-0.1, -0.05) is 26.0 Å². The molecule has 1 heterocycles. The molecule has 1 unspecified atom stereocenters. The molecule has 0 aromatic heterocycles. The summed E-state index contributed by atoms with van der Waals surface area (Å²) >= 11 is 0. The van der Waals surface area contributed by atoms with Crippen molar-refractivity contribution >= 4 is 17.5 Å². The molecular formula is C14H15F3N2O2. The zero-order chi connectivity index (χ0) is 15.8. The minimum Gasteiger partial charge on any atom is -0.340 e. The van der Waals surface area contributed by atoms with E-state index in [-0.39, 0.29) is 17.2 Å². The molecule has 1 aromatic carbocycles. The van der Waals surface area contributed by atoms with E-state index in [0.29, 0.717) is 4.90 Å². The van der Waals surface area contributed by atoms with E-state index in [9.17, 15) is 22.8 Å². The number of halogens is 3. The van der Waals surface area contributed by atoms with Crippen molar-refractivity contribution in [1.29, 1.82) is 0 Å². The second kappa shape index (κ2) is 5.38. The van der Waals surface area contributed by atoms with Crippen LogP contribution < -0.4 is 10.2 Å². The number of nitrogens with one attached hydrogen (secondary N) is 1. The highest BCUT2D eigenvalue weighted by atomic mass is 19.4. The molecule has 2 amide bonds. The van der Waals surface area contributed by atoms with E-state index in [1.54, 1.807) is 19.9 Å². The maximum absolute atomic E-state index is 12.8. The lowest BCUT2D eigenvalue weighted by Gasteiger charge is -2.27. The van der Waals surface area contributed by atoms with Crippen LogP contribution in [-0.2, 0) is 4.79 Å². The molecule has 1 aliphatic rings. The fourth-order valence-electron chi connectivity index (χ4n) is 2.26. The summed E-state index contributed by atoms with van der Waals surface area (Å²) in [5.74, 6) is -1.60. The van der Waals surface area contributed by atoms with Crippen molar-refractivity contribution in [2.75, 3.05) is 11.4 Å². The average Bonchev–Trinajstić information content (AvgIpc) is 2.48. The molecule has 0 bridgehead atoms. The first-order chi connectivity index (χ1) is 9.70. The van der Waals surface area contributed by atoms with Gasteiger partial charge in [-0.05, 0) is 18.1 Å². The normalized spacial score (nSPS) is 19.3. The van der Waals surface area contributed by atoms with E-state index in [1.807, 2.05) is 0 Å². The molecule has 1 atom stereocenters. The molecule has 114 valence electrons. The van der Waals surface area contributed by atoms with Crippen LogP contribution in [0.25, 0.3) is 0 Å². The monoisotopic (exact) mass is 300 g/mol. The van der Waals surface area contributed by atoms with Gasteiger partial charge in [-0.3, -0.25) is 9.59 Å². The van der Waals surface area contributed by atoms with Crippen molar-refractivity contribution in [1.82, 2.24) is 5.32 Å². The molecule has 7 heteroatoms. The van der Waals surface area contributed by atoms with Gasteiger partial charge in [0.15, 0.2) is 0 Å². The number of amides is 2. The van der Waals surface area contributed by atoms with Crippen molar-refractivity contribution in [2.45, 2.75) is 26.1 Å². The predicted molar refractivity (Wildman–Crippen MR) is 70.9 cm³/mol. The summed E-state index contributed by atoms with van der Waals surface area (Å²) in [7, 11) is 0. The van der Waals surface area contributed by atoms with Crippen LogP contribution in [0.3, 0.4) is 0 Å².